The highest BCUT2D eigenvalue weighted by atomic mass is 35.5. The summed E-state index contributed by atoms with van der Waals surface area (Å²) in [6.45, 7) is 0.533. The standard InChI is InChI=1S/C20H17ClN2O3/c21-15-8-4-9-16-18(15)14(12-22-16)19(24)17-10-5-11-23(17)26-20(25)13-6-2-1-3-7-13/h1-4,6-9,12,17,22H,5,10-11H2/t17-/m1/s1. The van der Waals surface area contributed by atoms with Crippen molar-refractivity contribution in [1.82, 2.24) is 10.0 Å². The summed E-state index contributed by atoms with van der Waals surface area (Å²) >= 11 is 6.28. The van der Waals surface area contributed by atoms with Crippen molar-refractivity contribution in [3.8, 4) is 0 Å². The molecule has 2 aromatic carbocycles. The summed E-state index contributed by atoms with van der Waals surface area (Å²) in [6.07, 6.45) is 3.10. The van der Waals surface area contributed by atoms with E-state index in [2.05, 4.69) is 4.98 Å². The van der Waals surface area contributed by atoms with Crippen LogP contribution < -0.4 is 0 Å². The predicted octanol–water partition coefficient (Wildman–Crippen LogP) is 4.24. The smallest absolute Gasteiger partial charge is 0.357 e. The van der Waals surface area contributed by atoms with Crippen molar-refractivity contribution in [3.05, 3.63) is 70.9 Å². The quantitative estimate of drug-likeness (QED) is 0.699. The lowest BCUT2D eigenvalue weighted by atomic mass is 10.0. The number of Topliss-reactive ketones (excluding diaryl/α,β-unsaturated/α-hetero) is 1. The molecule has 0 amide bonds. The molecule has 3 aromatic rings. The average Bonchev–Trinajstić information content (AvgIpc) is 3.29. The summed E-state index contributed by atoms with van der Waals surface area (Å²) in [6, 6.07) is 13.7. The highest BCUT2D eigenvalue weighted by Gasteiger charge is 2.35. The lowest BCUT2D eigenvalue weighted by molar-refractivity contribution is -0.109. The van der Waals surface area contributed by atoms with Gasteiger partial charge in [0.25, 0.3) is 0 Å². The number of benzene rings is 2. The van der Waals surface area contributed by atoms with E-state index in [9.17, 15) is 9.59 Å². The summed E-state index contributed by atoms with van der Waals surface area (Å²) in [5.41, 5.74) is 1.80. The Morgan fingerprint density at radius 3 is 2.73 bits per heavy atom. The van der Waals surface area contributed by atoms with Gasteiger partial charge < -0.3 is 9.82 Å². The van der Waals surface area contributed by atoms with Gasteiger partial charge in [0.05, 0.1) is 10.6 Å². The third kappa shape index (κ3) is 3.00. The Hall–Kier alpha value is -2.63. The van der Waals surface area contributed by atoms with E-state index >= 15 is 0 Å². The Bertz CT molecular complexity index is 968. The van der Waals surface area contributed by atoms with E-state index in [1.807, 2.05) is 18.2 Å². The Kier molecular flexibility index (Phi) is 4.49. The minimum Gasteiger partial charge on any atom is -0.363 e. The van der Waals surface area contributed by atoms with Gasteiger partial charge in [-0.05, 0) is 37.1 Å². The molecule has 1 N–H and O–H groups in total. The molecular weight excluding hydrogens is 352 g/mol. The second-order valence-electron chi connectivity index (χ2n) is 6.27. The van der Waals surface area contributed by atoms with Gasteiger partial charge >= 0.3 is 5.97 Å². The first-order valence-corrected chi connectivity index (χ1v) is 8.87. The summed E-state index contributed by atoms with van der Waals surface area (Å²) in [4.78, 5) is 34.0. The normalized spacial score (nSPS) is 17.5. The number of nitrogens with zero attached hydrogens (tertiary/aromatic N) is 1. The van der Waals surface area contributed by atoms with Crippen LogP contribution in [0.15, 0.2) is 54.7 Å². The molecule has 0 aliphatic carbocycles. The number of carbonyl (C=O) groups is 2. The molecule has 0 spiro atoms. The molecule has 0 radical (unpaired) electrons. The largest absolute Gasteiger partial charge is 0.363 e. The first-order chi connectivity index (χ1) is 12.6. The topological polar surface area (TPSA) is 62.4 Å². The molecule has 2 heterocycles. The number of aromatic nitrogens is 1. The fourth-order valence-corrected chi connectivity index (χ4v) is 3.64. The van der Waals surface area contributed by atoms with Crippen molar-refractivity contribution in [2.45, 2.75) is 18.9 Å². The maximum absolute atomic E-state index is 13.1. The Labute approximate surface area is 155 Å². The number of nitrogens with one attached hydrogen (secondary N) is 1. The van der Waals surface area contributed by atoms with Gasteiger partial charge in [-0.25, -0.2) is 4.79 Å². The van der Waals surface area contributed by atoms with Crippen molar-refractivity contribution in [2.24, 2.45) is 0 Å². The van der Waals surface area contributed by atoms with Gasteiger partial charge in [0, 0.05) is 29.2 Å². The molecule has 5 nitrogen and oxygen atoms in total. The van der Waals surface area contributed by atoms with Gasteiger partial charge in [0.2, 0.25) is 0 Å². The molecule has 1 aliphatic heterocycles. The number of H-pyrrole nitrogens is 1. The first-order valence-electron chi connectivity index (χ1n) is 8.49. The molecule has 1 fully saturated rings. The molecule has 132 valence electrons. The van der Waals surface area contributed by atoms with Crippen LogP contribution in [0.4, 0.5) is 0 Å². The lowest BCUT2D eigenvalue weighted by Gasteiger charge is -2.22. The van der Waals surface area contributed by atoms with Crippen LogP contribution in [0.3, 0.4) is 0 Å². The van der Waals surface area contributed by atoms with Crippen molar-refractivity contribution >= 4 is 34.3 Å². The number of fused-ring (bicyclic) bond motifs is 1. The van der Waals surface area contributed by atoms with Crippen molar-refractivity contribution in [3.63, 3.8) is 0 Å². The van der Waals surface area contributed by atoms with Gasteiger partial charge in [-0.15, -0.1) is 5.06 Å². The van der Waals surface area contributed by atoms with E-state index in [1.54, 1.807) is 36.5 Å². The van der Waals surface area contributed by atoms with Crippen LogP contribution >= 0.6 is 11.6 Å². The summed E-state index contributed by atoms with van der Waals surface area (Å²) in [5.74, 6) is -0.551. The van der Waals surface area contributed by atoms with E-state index in [-0.39, 0.29) is 5.78 Å². The monoisotopic (exact) mass is 368 g/mol. The van der Waals surface area contributed by atoms with E-state index in [1.165, 1.54) is 5.06 Å². The molecule has 1 atom stereocenters. The van der Waals surface area contributed by atoms with Crippen LogP contribution in [0, 0.1) is 0 Å². The number of ketones is 1. The minimum atomic E-state index is -0.502. The zero-order valence-corrected chi connectivity index (χ0v) is 14.7. The Balaban J connectivity index is 1.58. The maximum Gasteiger partial charge on any atom is 0.357 e. The molecule has 26 heavy (non-hydrogen) atoms. The second-order valence-corrected chi connectivity index (χ2v) is 6.68. The number of hydrogen-bond acceptors (Lipinski definition) is 4. The van der Waals surface area contributed by atoms with Crippen molar-refractivity contribution in [2.75, 3.05) is 6.54 Å². The second kappa shape index (κ2) is 6.94. The van der Waals surface area contributed by atoms with E-state index in [0.29, 0.717) is 34.5 Å². The summed E-state index contributed by atoms with van der Waals surface area (Å²) < 4.78 is 0. The van der Waals surface area contributed by atoms with Gasteiger partial charge in [-0.1, -0.05) is 35.9 Å². The van der Waals surface area contributed by atoms with Gasteiger partial charge in [0.1, 0.15) is 6.04 Å². The summed E-state index contributed by atoms with van der Waals surface area (Å²) in [5, 5.41) is 2.73. The molecule has 0 bridgehead atoms. The predicted molar refractivity (Wildman–Crippen MR) is 99.2 cm³/mol. The number of aromatic amines is 1. The molecule has 4 rings (SSSR count). The molecule has 1 saturated heterocycles. The summed E-state index contributed by atoms with van der Waals surface area (Å²) in [7, 11) is 0. The van der Waals surface area contributed by atoms with Crippen LogP contribution in [0.25, 0.3) is 10.9 Å². The maximum atomic E-state index is 13.1. The van der Waals surface area contributed by atoms with E-state index in [4.69, 9.17) is 16.4 Å². The third-order valence-corrected chi connectivity index (χ3v) is 4.95. The fourth-order valence-electron chi connectivity index (χ4n) is 3.36. The number of halogens is 1. The lowest BCUT2D eigenvalue weighted by Crippen LogP contribution is -2.37. The SMILES string of the molecule is O=C(ON1CCC[C@@H]1C(=O)c1c[nH]c2cccc(Cl)c12)c1ccccc1. The minimum absolute atomic E-state index is 0.0947. The molecule has 0 unspecified atom stereocenters. The van der Waals surface area contributed by atoms with Crippen LogP contribution in [0.5, 0.6) is 0 Å². The highest BCUT2D eigenvalue weighted by molar-refractivity contribution is 6.37. The van der Waals surface area contributed by atoms with E-state index < -0.39 is 12.0 Å². The van der Waals surface area contributed by atoms with Gasteiger partial charge in [0.15, 0.2) is 5.78 Å². The Morgan fingerprint density at radius 2 is 1.92 bits per heavy atom. The third-order valence-electron chi connectivity index (χ3n) is 4.64. The van der Waals surface area contributed by atoms with Gasteiger partial charge in [-0.2, -0.15) is 0 Å². The van der Waals surface area contributed by atoms with Crippen LogP contribution in [0.2, 0.25) is 5.02 Å². The zero-order chi connectivity index (χ0) is 18.1. The van der Waals surface area contributed by atoms with Crippen LogP contribution in [-0.4, -0.2) is 34.4 Å². The number of hydroxylamine groups is 2. The van der Waals surface area contributed by atoms with Crippen molar-refractivity contribution in [1.29, 1.82) is 0 Å². The average molecular weight is 369 g/mol. The number of carbonyl (C=O) groups excluding carboxylic acids is 2. The number of rotatable bonds is 4. The number of hydrogen-bond donors (Lipinski definition) is 1. The van der Waals surface area contributed by atoms with Crippen LogP contribution in [-0.2, 0) is 4.84 Å². The molecule has 6 heteroatoms. The molecule has 1 aromatic heterocycles. The zero-order valence-electron chi connectivity index (χ0n) is 13.9. The van der Waals surface area contributed by atoms with Crippen LogP contribution in [0.1, 0.15) is 33.6 Å². The molecule has 0 saturated carbocycles. The molecule has 1 aliphatic rings. The van der Waals surface area contributed by atoms with Crippen molar-refractivity contribution < 1.29 is 14.4 Å². The molecular formula is C20H17ClN2O3. The first kappa shape index (κ1) is 16.8. The van der Waals surface area contributed by atoms with Gasteiger partial charge in [-0.3, -0.25) is 4.79 Å². The van der Waals surface area contributed by atoms with E-state index in [0.717, 1.165) is 11.9 Å². The fraction of sp³-hybridized carbons (Fsp3) is 0.200. The highest BCUT2D eigenvalue weighted by Crippen LogP contribution is 2.30. The Morgan fingerprint density at radius 1 is 1.12 bits per heavy atom.